The molecule has 0 aromatic carbocycles. The second kappa shape index (κ2) is 5.63. The fraction of sp³-hybridized carbons (Fsp3) is 0.467. The highest BCUT2D eigenvalue weighted by Crippen LogP contribution is 2.32. The maximum Gasteiger partial charge on any atom is 0.234 e. The van der Waals surface area contributed by atoms with Crippen molar-refractivity contribution in [2.75, 3.05) is 5.32 Å². The van der Waals surface area contributed by atoms with Gasteiger partial charge in [0.2, 0.25) is 5.91 Å². The first-order chi connectivity index (χ1) is 10.1. The average Bonchev–Trinajstić information content (AvgIpc) is 3.23. The molecule has 2 aromatic heterocycles. The van der Waals surface area contributed by atoms with Gasteiger partial charge in [0.05, 0.1) is 17.3 Å². The molecule has 1 amide bonds. The van der Waals surface area contributed by atoms with Crippen LogP contribution in [0, 0.1) is 5.92 Å². The molecule has 1 aliphatic carbocycles. The lowest BCUT2D eigenvalue weighted by Crippen LogP contribution is -2.21. The van der Waals surface area contributed by atoms with Crippen molar-refractivity contribution in [3.05, 3.63) is 36.0 Å². The maximum absolute atomic E-state index is 12.3. The molecule has 0 bridgehead atoms. The smallest absolute Gasteiger partial charge is 0.234 e. The SMILES string of the molecule is CC(C(=O)Nc1cc(CC2CC2)nn1C)c1cnccn1. The predicted molar refractivity (Wildman–Crippen MR) is 78.7 cm³/mol. The van der Waals surface area contributed by atoms with Crippen molar-refractivity contribution in [3.8, 4) is 0 Å². The Hall–Kier alpha value is -2.24. The number of rotatable bonds is 5. The molecule has 110 valence electrons. The van der Waals surface area contributed by atoms with E-state index in [-0.39, 0.29) is 11.8 Å². The number of hydrogen-bond acceptors (Lipinski definition) is 4. The Kier molecular flexibility index (Phi) is 3.68. The van der Waals surface area contributed by atoms with Gasteiger partial charge >= 0.3 is 0 Å². The van der Waals surface area contributed by atoms with Crippen LogP contribution in [0.25, 0.3) is 0 Å². The lowest BCUT2D eigenvalue weighted by molar-refractivity contribution is -0.117. The molecule has 1 aliphatic rings. The number of anilines is 1. The van der Waals surface area contributed by atoms with E-state index in [1.807, 2.05) is 20.0 Å². The Morgan fingerprint density at radius 2 is 2.29 bits per heavy atom. The van der Waals surface area contributed by atoms with E-state index >= 15 is 0 Å². The zero-order chi connectivity index (χ0) is 14.8. The lowest BCUT2D eigenvalue weighted by Gasteiger charge is -2.11. The van der Waals surface area contributed by atoms with E-state index < -0.39 is 0 Å². The maximum atomic E-state index is 12.3. The molecule has 2 aromatic rings. The number of amides is 1. The minimum Gasteiger partial charge on any atom is -0.310 e. The van der Waals surface area contributed by atoms with Crippen molar-refractivity contribution < 1.29 is 4.79 Å². The van der Waals surface area contributed by atoms with Crippen molar-refractivity contribution in [2.24, 2.45) is 13.0 Å². The number of nitrogens with zero attached hydrogens (tertiary/aromatic N) is 4. The Labute approximate surface area is 123 Å². The lowest BCUT2D eigenvalue weighted by atomic mass is 10.1. The molecule has 0 spiro atoms. The molecule has 0 radical (unpaired) electrons. The molecule has 6 nitrogen and oxygen atoms in total. The summed E-state index contributed by atoms with van der Waals surface area (Å²) in [4.78, 5) is 20.5. The highest BCUT2D eigenvalue weighted by atomic mass is 16.2. The summed E-state index contributed by atoms with van der Waals surface area (Å²) in [5.41, 5.74) is 1.71. The van der Waals surface area contributed by atoms with Crippen LogP contribution in [-0.2, 0) is 18.3 Å². The van der Waals surface area contributed by atoms with Crippen LogP contribution in [-0.4, -0.2) is 25.7 Å². The molecule has 0 saturated heterocycles. The van der Waals surface area contributed by atoms with Gasteiger partial charge in [0.15, 0.2) is 0 Å². The summed E-state index contributed by atoms with van der Waals surface area (Å²) in [7, 11) is 1.85. The Morgan fingerprint density at radius 1 is 1.48 bits per heavy atom. The van der Waals surface area contributed by atoms with E-state index in [4.69, 9.17) is 0 Å². The quantitative estimate of drug-likeness (QED) is 0.910. The molecular formula is C15H19N5O. The number of aromatic nitrogens is 4. The van der Waals surface area contributed by atoms with Crippen LogP contribution < -0.4 is 5.32 Å². The number of nitrogens with one attached hydrogen (secondary N) is 1. The third-order valence-corrected chi connectivity index (χ3v) is 3.80. The van der Waals surface area contributed by atoms with Crippen LogP contribution in [0.4, 0.5) is 5.82 Å². The number of aryl methyl sites for hydroxylation is 1. The summed E-state index contributed by atoms with van der Waals surface area (Å²) in [5, 5.41) is 7.37. The Bertz CT molecular complexity index is 633. The molecule has 1 saturated carbocycles. The van der Waals surface area contributed by atoms with Gasteiger partial charge in [0, 0.05) is 31.7 Å². The third kappa shape index (κ3) is 3.26. The van der Waals surface area contributed by atoms with Crippen LogP contribution >= 0.6 is 0 Å². The van der Waals surface area contributed by atoms with Gasteiger partial charge in [-0.25, -0.2) is 0 Å². The molecule has 6 heteroatoms. The van der Waals surface area contributed by atoms with Crippen LogP contribution in [0.5, 0.6) is 0 Å². The first-order valence-electron chi connectivity index (χ1n) is 7.23. The van der Waals surface area contributed by atoms with E-state index in [1.165, 1.54) is 12.8 Å². The highest BCUT2D eigenvalue weighted by molar-refractivity contribution is 5.94. The van der Waals surface area contributed by atoms with E-state index in [0.29, 0.717) is 5.69 Å². The standard InChI is InChI=1S/C15H19N5O/c1-10(13-9-16-5-6-17-13)15(21)18-14-8-12(19-20(14)2)7-11-3-4-11/h5-6,8-11H,3-4,7H2,1-2H3,(H,18,21). The van der Waals surface area contributed by atoms with Crippen LogP contribution in [0.1, 0.15) is 37.1 Å². The fourth-order valence-electron chi connectivity index (χ4n) is 2.26. The summed E-state index contributed by atoms with van der Waals surface area (Å²) in [5.74, 6) is 1.06. The molecule has 21 heavy (non-hydrogen) atoms. The zero-order valence-electron chi connectivity index (χ0n) is 12.3. The largest absolute Gasteiger partial charge is 0.310 e. The summed E-state index contributed by atoms with van der Waals surface area (Å²) in [6.07, 6.45) is 8.40. The molecular weight excluding hydrogens is 266 g/mol. The summed E-state index contributed by atoms with van der Waals surface area (Å²) >= 11 is 0. The average molecular weight is 285 g/mol. The van der Waals surface area contributed by atoms with Crippen molar-refractivity contribution >= 4 is 11.7 Å². The van der Waals surface area contributed by atoms with Crippen molar-refractivity contribution in [3.63, 3.8) is 0 Å². The van der Waals surface area contributed by atoms with Crippen LogP contribution in [0.2, 0.25) is 0 Å². The number of hydrogen-bond donors (Lipinski definition) is 1. The number of carbonyl (C=O) groups excluding carboxylic acids is 1. The minimum absolute atomic E-state index is 0.100. The van der Waals surface area contributed by atoms with Gasteiger partial charge in [-0.2, -0.15) is 5.10 Å². The first kappa shape index (κ1) is 13.7. The molecule has 1 atom stereocenters. The molecule has 1 unspecified atom stereocenters. The van der Waals surface area contributed by atoms with E-state index in [0.717, 1.165) is 23.9 Å². The Morgan fingerprint density at radius 3 is 2.95 bits per heavy atom. The monoisotopic (exact) mass is 285 g/mol. The van der Waals surface area contributed by atoms with Crippen molar-refractivity contribution in [1.29, 1.82) is 0 Å². The van der Waals surface area contributed by atoms with Gasteiger partial charge in [-0.1, -0.05) is 0 Å². The third-order valence-electron chi connectivity index (χ3n) is 3.80. The molecule has 1 N–H and O–H groups in total. The zero-order valence-corrected chi connectivity index (χ0v) is 12.3. The second-order valence-electron chi connectivity index (χ2n) is 5.63. The normalized spacial score (nSPS) is 15.7. The van der Waals surface area contributed by atoms with Gasteiger partial charge in [0.1, 0.15) is 5.82 Å². The van der Waals surface area contributed by atoms with Gasteiger partial charge < -0.3 is 5.32 Å². The van der Waals surface area contributed by atoms with Gasteiger partial charge in [-0.05, 0) is 32.1 Å². The minimum atomic E-state index is -0.347. The molecule has 2 heterocycles. The van der Waals surface area contributed by atoms with Crippen LogP contribution in [0.3, 0.4) is 0 Å². The van der Waals surface area contributed by atoms with Crippen molar-refractivity contribution in [2.45, 2.75) is 32.1 Å². The van der Waals surface area contributed by atoms with Gasteiger partial charge in [0.25, 0.3) is 0 Å². The summed E-state index contributed by atoms with van der Waals surface area (Å²) < 4.78 is 1.72. The molecule has 3 rings (SSSR count). The van der Waals surface area contributed by atoms with Crippen LogP contribution in [0.15, 0.2) is 24.7 Å². The summed E-state index contributed by atoms with van der Waals surface area (Å²) in [6.45, 7) is 1.82. The first-order valence-corrected chi connectivity index (χ1v) is 7.23. The molecule has 1 fully saturated rings. The van der Waals surface area contributed by atoms with E-state index in [9.17, 15) is 4.79 Å². The summed E-state index contributed by atoms with van der Waals surface area (Å²) in [6, 6.07) is 1.96. The second-order valence-corrected chi connectivity index (χ2v) is 5.63. The van der Waals surface area contributed by atoms with Gasteiger partial charge in [-0.15, -0.1) is 0 Å². The van der Waals surface area contributed by atoms with Crippen molar-refractivity contribution in [1.82, 2.24) is 19.7 Å². The van der Waals surface area contributed by atoms with Gasteiger partial charge in [-0.3, -0.25) is 19.4 Å². The number of carbonyl (C=O) groups is 1. The molecule has 0 aliphatic heterocycles. The van der Waals surface area contributed by atoms with E-state index in [1.54, 1.807) is 23.3 Å². The topological polar surface area (TPSA) is 72.7 Å². The Balaban J connectivity index is 1.67. The highest BCUT2D eigenvalue weighted by Gasteiger charge is 2.24. The predicted octanol–water partition coefficient (Wildman–Crippen LogP) is 1.90. The van der Waals surface area contributed by atoms with E-state index in [2.05, 4.69) is 20.4 Å². The fourth-order valence-corrected chi connectivity index (χ4v) is 2.26.